The molecule has 21 heavy (non-hydrogen) atoms. The molecule has 0 spiro atoms. The third kappa shape index (κ3) is 3.88. The Kier molecular flexibility index (Phi) is 5.03. The summed E-state index contributed by atoms with van der Waals surface area (Å²) < 4.78 is 0. The van der Waals surface area contributed by atoms with Crippen molar-refractivity contribution in [3.63, 3.8) is 0 Å². The van der Waals surface area contributed by atoms with Crippen LogP contribution in [0.2, 0.25) is 0 Å². The molecule has 0 atom stereocenters. The van der Waals surface area contributed by atoms with E-state index in [-0.39, 0.29) is 17.3 Å². The highest BCUT2D eigenvalue weighted by atomic mass is 16.6. The number of aromatic nitrogens is 2. The first-order valence-corrected chi connectivity index (χ1v) is 6.73. The quantitative estimate of drug-likeness (QED) is 0.600. The first-order valence-electron chi connectivity index (χ1n) is 6.73. The van der Waals surface area contributed by atoms with Crippen molar-refractivity contribution in [3.05, 3.63) is 52.3 Å². The van der Waals surface area contributed by atoms with Crippen LogP contribution in [0.15, 0.2) is 36.7 Å². The van der Waals surface area contributed by atoms with Crippen molar-refractivity contribution >= 4 is 17.3 Å². The molecule has 0 fully saturated rings. The zero-order valence-corrected chi connectivity index (χ0v) is 11.7. The lowest BCUT2D eigenvalue weighted by molar-refractivity contribution is -0.383. The Bertz CT molecular complexity index is 604. The van der Waals surface area contributed by atoms with Crippen molar-refractivity contribution in [2.75, 3.05) is 23.7 Å². The second kappa shape index (κ2) is 7.18. The largest absolute Gasteiger partial charge is 0.364 e. The Morgan fingerprint density at radius 1 is 1.14 bits per heavy atom. The normalized spacial score (nSPS) is 10.1. The fourth-order valence-corrected chi connectivity index (χ4v) is 1.95. The molecule has 0 aliphatic rings. The number of benzene rings is 1. The third-order valence-corrected chi connectivity index (χ3v) is 2.90. The smallest absolute Gasteiger partial charge is 0.353 e. The summed E-state index contributed by atoms with van der Waals surface area (Å²) in [5.41, 5.74) is 1.04. The van der Waals surface area contributed by atoms with Crippen LogP contribution < -0.4 is 10.6 Å². The van der Waals surface area contributed by atoms with Crippen LogP contribution in [0.5, 0.6) is 0 Å². The highest BCUT2D eigenvalue weighted by molar-refractivity contribution is 5.69. The van der Waals surface area contributed by atoms with Gasteiger partial charge in [0.25, 0.3) is 0 Å². The van der Waals surface area contributed by atoms with Gasteiger partial charge in [-0.15, -0.1) is 0 Å². The maximum absolute atomic E-state index is 11.2. The van der Waals surface area contributed by atoms with Crippen LogP contribution in [-0.2, 0) is 6.42 Å². The van der Waals surface area contributed by atoms with Gasteiger partial charge in [-0.3, -0.25) is 10.1 Å². The predicted molar refractivity (Wildman–Crippen MR) is 81.5 cm³/mol. The predicted octanol–water partition coefficient (Wildman–Crippen LogP) is 2.47. The zero-order valence-electron chi connectivity index (χ0n) is 11.7. The first kappa shape index (κ1) is 14.7. The van der Waals surface area contributed by atoms with Crippen LogP contribution in [-0.4, -0.2) is 28.0 Å². The van der Waals surface area contributed by atoms with Crippen LogP contribution in [0.1, 0.15) is 12.5 Å². The summed E-state index contributed by atoms with van der Waals surface area (Å²) in [5, 5.41) is 17.1. The van der Waals surface area contributed by atoms with Crippen molar-refractivity contribution in [3.8, 4) is 0 Å². The van der Waals surface area contributed by atoms with Gasteiger partial charge in [0.15, 0.2) is 0 Å². The number of rotatable bonds is 7. The average Bonchev–Trinajstić information content (AvgIpc) is 2.48. The molecule has 1 aromatic carbocycles. The van der Waals surface area contributed by atoms with Gasteiger partial charge in [0.2, 0.25) is 11.6 Å². The minimum Gasteiger partial charge on any atom is -0.364 e. The number of hydrogen-bond acceptors (Lipinski definition) is 6. The minimum absolute atomic E-state index is 0.118. The maximum atomic E-state index is 11.2. The molecule has 1 aromatic heterocycles. The van der Waals surface area contributed by atoms with Crippen molar-refractivity contribution in [1.82, 2.24) is 9.97 Å². The molecule has 0 saturated heterocycles. The average molecular weight is 287 g/mol. The van der Waals surface area contributed by atoms with Crippen LogP contribution in [0, 0.1) is 10.1 Å². The van der Waals surface area contributed by atoms with Crippen molar-refractivity contribution in [2.24, 2.45) is 0 Å². The summed E-state index contributed by atoms with van der Waals surface area (Å²) in [6, 6.07) is 9.91. The monoisotopic (exact) mass is 287 g/mol. The van der Waals surface area contributed by atoms with Crippen LogP contribution >= 0.6 is 0 Å². The van der Waals surface area contributed by atoms with Gasteiger partial charge in [-0.05, 0) is 18.9 Å². The molecule has 7 heteroatoms. The molecule has 110 valence electrons. The van der Waals surface area contributed by atoms with E-state index in [1.807, 2.05) is 37.3 Å². The first-order chi connectivity index (χ1) is 10.2. The number of nitro groups is 1. The number of anilines is 2. The molecule has 0 bridgehead atoms. The van der Waals surface area contributed by atoms with Crippen molar-refractivity contribution < 1.29 is 4.92 Å². The third-order valence-electron chi connectivity index (χ3n) is 2.90. The zero-order chi connectivity index (χ0) is 15.1. The lowest BCUT2D eigenvalue weighted by atomic mass is 10.1. The highest BCUT2D eigenvalue weighted by Crippen LogP contribution is 2.28. The summed E-state index contributed by atoms with van der Waals surface area (Å²) in [6.07, 6.45) is 2.08. The Balaban J connectivity index is 2.08. The SMILES string of the molecule is CCNc1ncnc(NCCc2ccccc2)c1[N+](=O)[O-]. The summed E-state index contributed by atoms with van der Waals surface area (Å²) in [7, 11) is 0. The fraction of sp³-hybridized carbons (Fsp3) is 0.286. The highest BCUT2D eigenvalue weighted by Gasteiger charge is 2.22. The Labute approximate surface area is 122 Å². The number of nitrogens with one attached hydrogen (secondary N) is 2. The second-order valence-corrected chi connectivity index (χ2v) is 4.37. The van der Waals surface area contributed by atoms with E-state index < -0.39 is 4.92 Å². The molecule has 2 N–H and O–H groups in total. The molecular formula is C14H17N5O2. The van der Waals surface area contributed by atoms with E-state index in [0.717, 1.165) is 12.0 Å². The van der Waals surface area contributed by atoms with Crippen molar-refractivity contribution in [1.29, 1.82) is 0 Å². The van der Waals surface area contributed by atoms with Gasteiger partial charge < -0.3 is 10.6 Å². The molecule has 0 saturated carbocycles. The molecular weight excluding hydrogens is 270 g/mol. The number of hydrogen-bond donors (Lipinski definition) is 2. The number of nitrogens with zero attached hydrogens (tertiary/aromatic N) is 3. The second-order valence-electron chi connectivity index (χ2n) is 4.37. The fourth-order valence-electron chi connectivity index (χ4n) is 1.95. The minimum atomic E-state index is -0.469. The van der Waals surface area contributed by atoms with E-state index in [1.54, 1.807) is 0 Å². The standard InChI is InChI=1S/C14H17N5O2/c1-2-15-13-12(19(20)21)14(18-10-17-13)16-9-8-11-6-4-3-5-7-11/h3-7,10H,2,8-9H2,1H3,(H2,15,16,17,18). The summed E-state index contributed by atoms with van der Waals surface area (Å²) >= 11 is 0. The summed E-state index contributed by atoms with van der Waals surface area (Å²) in [6.45, 7) is 2.98. The van der Waals surface area contributed by atoms with E-state index in [1.165, 1.54) is 6.33 Å². The Morgan fingerprint density at radius 3 is 2.43 bits per heavy atom. The van der Waals surface area contributed by atoms with E-state index >= 15 is 0 Å². The van der Waals surface area contributed by atoms with Crippen molar-refractivity contribution in [2.45, 2.75) is 13.3 Å². The summed E-state index contributed by atoms with van der Waals surface area (Å²) in [5.74, 6) is 0.474. The van der Waals surface area contributed by atoms with Gasteiger partial charge in [0.05, 0.1) is 4.92 Å². The molecule has 2 rings (SSSR count). The maximum Gasteiger partial charge on any atom is 0.353 e. The topological polar surface area (TPSA) is 93.0 Å². The molecule has 0 amide bonds. The van der Waals surface area contributed by atoms with Gasteiger partial charge in [-0.2, -0.15) is 0 Å². The van der Waals surface area contributed by atoms with E-state index in [2.05, 4.69) is 20.6 Å². The van der Waals surface area contributed by atoms with Gasteiger partial charge >= 0.3 is 5.69 Å². The van der Waals surface area contributed by atoms with Gasteiger partial charge in [-0.1, -0.05) is 30.3 Å². The molecule has 0 radical (unpaired) electrons. The molecule has 0 aliphatic heterocycles. The van der Waals surface area contributed by atoms with Gasteiger partial charge in [0, 0.05) is 13.1 Å². The van der Waals surface area contributed by atoms with Gasteiger partial charge in [-0.25, -0.2) is 9.97 Å². The lowest BCUT2D eigenvalue weighted by Crippen LogP contribution is -2.11. The molecule has 2 aromatic rings. The lowest BCUT2D eigenvalue weighted by Gasteiger charge is -2.09. The Morgan fingerprint density at radius 2 is 1.81 bits per heavy atom. The molecule has 0 aliphatic carbocycles. The van der Waals surface area contributed by atoms with Crippen LogP contribution in [0.3, 0.4) is 0 Å². The van der Waals surface area contributed by atoms with Gasteiger partial charge in [0.1, 0.15) is 6.33 Å². The van der Waals surface area contributed by atoms with Crippen LogP contribution in [0.4, 0.5) is 17.3 Å². The molecule has 1 heterocycles. The molecule has 0 unspecified atom stereocenters. The van der Waals surface area contributed by atoms with E-state index in [9.17, 15) is 10.1 Å². The summed E-state index contributed by atoms with van der Waals surface area (Å²) in [4.78, 5) is 18.6. The Hall–Kier alpha value is -2.70. The van der Waals surface area contributed by atoms with Crippen LogP contribution in [0.25, 0.3) is 0 Å². The van der Waals surface area contributed by atoms with E-state index in [4.69, 9.17) is 0 Å². The molecule has 7 nitrogen and oxygen atoms in total. The van der Waals surface area contributed by atoms with E-state index in [0.29, 0.717) is 13.1 Å².